The van der Waals surface area contributed by atoms with E-state index in [-0.39, 0.29) is 6.04 Å². The van der Waals surface area contributed by atoms with E-state index in [4.69, 9.17) is 5.73 Å². The molecule has 0 radical (unpaired) electrons. The van der Waals surface area contributed by atoms with Crippen molar-refractivity contribution in [1.82, 2.24) is 0 Å². The van der Waals surface area contributed by atoms with Crippen LogP contribution in [0, 0.1) is 0 Å². The summed E-state index contributed by atoms with van der Waals surface area (Å²) in [6.07, 6.45) is 6.69. The van der Waals surface area contributed by atoms with Crippen molar-refractivity contribution in [2.24, 2.45) is 5.73 Å². The molecule has 2 nitrogen and oxygen atoms in total. The van der Waals surface area contributed by atoms with Crippen molar-refractivity contribution in [3.05, 3.63) is 11.6 Å². The van der Waals surface area contributed by atoms with Gasteiger partial charge in [0, 0.05) is 6.04 Å². The highest BCUT2D eigenvalue weighted by Crippen LogP contribution is 2.28. The number of aliphatic hydroxyl groups is 1. The Morgan fingerprint density at radius 3 is 2.67 bits per heavy atom. The summed E-state index contributed by atoms with van der Waals surface area (Å²) in [5, 5.41) is 10.0. The third kappa shape index (κ3) is 1.87. The average Bonchev–Trinajstić information content (AvgIpc) is 2.06. The fourth-order valence-corrected chi connectivity index (χ4v) is 1.59. The number of hydrogen-bond acceptors (Lipinski definition) is 2. The average molecular weight is 169 g/mol. The Labute approximate surface area is 74.5 Å². The van der Waals surface area contributed by atoms with E-state index in [9.17, 15) is 5.11 Å². The molecule has 0 amide bonds. The highest BCUT2D eigenvalue weighted by Gasteiger charge is 2.30. The fraction of sp³-hybridized carbons (Fsp3) is 0.800. The number of allylic oxidation sites excluding steroid dienone is 1. The summed E-state index contributed by atoms with van der Waals surface area (Å²) in [5.41, 5.74) is 6.05. The van der Waals surface area contributed by atoms with Crippen LogP contribution in [0.25, 0.3) is 0 Å². The Morgan fingerprint density at radius 2 is 2.25 bits per heavy atom. The summed E-state index contributed by atoms with van der Waals surface area (Å²) in [4.78, 5) is 0. The Bertz CT molecular complexity index is 182. The van der Waals surface area contributed by atoms with Gasteiger partial charge in [-0.15, -0.1) is 0 Å². The van der Waals surface area contributed by atoms with Gasteiger partial charge in [0.05, 0.1) is 5.60 Å². The normalized spacial score (nSPS) is 25.8. The standard InChI is InChI=1S/C10H19NO/c1-8(11)10(2,12)9-6-4-3-5-7-9/h6,8,12H,3-5,7,11H2,1-2H3. The van der Waals surface area contributed by atoms with Crippen molar-refractivity contribution in [2.75, 3.05) is 0 Å². The van der Waals surface area contributed by atoms with Gasteiger partial charge in [-0.3, -0.25) is 0 Å². The lowest BCUT2D eigenvalue weighted by Gasteiger charge is -2.32. The molecule has 0 heterocycles. The molecule has 12 heavy (non-hydrogen) atoms. The lowest BCUT2D eigenvalue weighted by molar-refractivity contribution is 0.0706. The third-order valence-corrected chi connectivity index (χ3v) is 2.83. The highest BCUT2D eigenvalue weighted by molar-refractivity contribution is 5.19. The zero-order chi connectivity index (χ0) is 9.19. The van der Waals surface area contributed by atoms with Crippen LogP contribution in [-0.2, 0) is 0 Å². The first kappa shape index (κ1) is 9.75. The Kier molecular flexibility index (Phi) is 2.91. The maximum atomic E-state index is 10.0. The molecule has 0 aromatic rings. The van der Waals surface area contributed by atoms with Crippen molar-refractivity contribution >= 4 is 0 Å². The van der Waals surface area contributed by atoms with Gasteiger partial charge in [0.15, 0.2) is 0 Å². The first-order valence-electron chi connectivity index (χ1n) is 4.72. The maximum absolute atomic E-state index is 10.0. The minimum Gasteiger partial charge on any atom is -0.384 e. The third-order valence-electron chi connectivity index (χ3n) is 2.83. The summed E-state index contributed by atoms with van der Waals surface area (Å²) in [6, 6.07) is -0.179. The van der Waals surface area contributed by atoms with Gasteiger partial charge < -0.3 is 10.8 Å². The molecular formula is C10H19NO. The molecule has 2 heteroatoms. The summed E-state index contributed by atoms with van der Waals surface area (Å²) < 4.78 is 0. The molecule has 1 aliphatic carbocycles. The smallest absolute Gasteiger partial charge is 0.0976 e. The van der Waals surface area contributed by atoms with Crippen LogP contribution in [0.4, 0.5) is 0 Å². The largest absolute Gasteiger partial charge is 0.384 e. The zero-order valence-electron chi connectivity index (χ0n) is 8.01. The van der Waals surface area contributed by atoms with Crippen LogP contribution in [0.1, 0.15) is 39.5 Å². The van der Waals surface area contributed by atoms with Gasteiger partial charge >= 0.3 is 0 Å². The lowest BCUT2D eigenvalue weighted by atomic mass is 9.83. The predicted octanol–water partition coefficient (Wildman–Crippen LogP) is 1.59. The molecule has 0 aromatic heterocycles. The van der Waals surface area contributed by atoms with Crippen LogP contribution in [0.15, 0.2) is 11.6 Å². The van der Waals surface area contributed by atoms with E-state index in [1.807, 2.05) is 13.8 Å². The second-order valence-corrected chi connectivity index (χ2v) is 3.91. The summed E-state index contributed by atoms with van der Waals surface area (Å²) in [6.45, 7) is 3.67. The van der Waals surface area contributed by atoms with Crippen molar-refractivity contribution in [2.45, 2.75) is 51.2 Å². The number of hydrogen-bond donors (Lipinski definition) is 2. The molecule has 0 aliphatic heterocycles. The molecular weight excluding hydrogens is 150 g/mol. The van der Waals surface area contributed by atoms with Crippen molar-refractivity contribution in [3.8, 4) is 0 Å². The molecule has 0 saturated carbocycles. The molecule has 2 atom stereocenters. The van der Waals surface area contributed by atoms with Crippen LogP contribution in [-0.4, -0.2) is 16.7 Å². The zero-order valence-corrected chi connectivity index (χ0v) is 8.01. The topological polar surface area (TPSA) is 46.2 Å². The Balaban J connectivity index is 2.72. The van der Waals surface area contributed by atoms with Crippen LogP contribution in [0.3, 0.4) is 0 Å². The molecule has 1 rings (SSSR count). The second-order valence-electron chi connectivity index (χ2n) is 3.91. The number of rotatable bonds is 2. The Hall–Kier alpha value is -0.340. The highest BCUT2D eigenvalue weighted by atomic mass is 16.3. The van der Waals surface area contributed by atoms with Gasteiger partial charge in [-0.2, -0.15) is 0 Å². The van der Waals surface area contributed by atoms with E-state index in [1.165, 1.54) is 12.8 Å². The Morgan fingerprint density at radius 1 is 1.58 bits per heavy atom. The molecule has 2 unspecified atom stereocenters. The summed E-state index contributed by atoms with van der Waals surface area (Å²) >= 11 is 0. The SMILES string of the molecule is CC(N)C(C)(O)C1=CCCCC1. The van der Waals surface area contributed by atoms with Gasteiger partial charge in [-0.1, -0.05) is 6.08 Å². The number of nitrogens with two attached hydrogens (primary N) is 1. The molecule has 0 saturated heterocycles. The van der Waals surface area contributed by atoms with Crippen LogP contribution in [0.5, 0.6) is 0 Å². The molecule has 70 valence electrons. The van der Waals surface area contributed by atoms with Gasteiger partial charge in [0.2, 0.25) is 0 Å². The van der Waals surface area contributed by atoms with Crippen LogP contribution < -0.4 is 5.73 Å². The lowest BCUT2D eigenvalue weighted by Crippen LogP contribution is -2.45. The summed E-state index contributed by atoms with van der Waals surface area (Å²) in [7, 11) is 0. The van der Waals surface area contributed by atoms with Gasteiger partial charge in [-0.25, -0.2) is 0 Å². The van der Waals surface area contributed by atoms with Crippen LogP contribution in [0.2, 0.25) is 0 Å². The molecule has 1 aliphatic rings. The molecule has 0 spiro atoms. The van der Waals surface area contributed by atoms with E-state index < -0.39 is 5.60 Å². The summed E-state index contributed by atoms with van der Waals surface area (Å²) in [5.74, 6) is 0. The van der Waals surface area contributed by atoms with E-state index >= 15 is 0 Å². The fourth-order valence-electron chi connectivity index (χ4n) is 1.59. The predicted molar refractivity (Wildman–Crippen MR) is 50.8 cm³/mol. The molecule has 0 bridgehead atoms. The second kappa shape index (κ2) is 3.58. The molecule has 3 N–H and O–H groups in total. The van der Waals surface area contributed by atoms with E-state index in [1.54, 1.807) is 0 Å². The minimum atomic E-state index is -0.791. The van der Waals surface area contributed by atoms with Gasteiger partial charge in [-0.05, 0) is 45.1 Å². The first-order chi connectivity index (χ1) is 5.55. The monoisotopic (exact) mass is 169 g/mol. The van der Waals surface area contributed by atoms with Gasteiger partial charge in [0.1, 0.15) is 0 Å². The molecule has 0 aromatic carbocycles. The van der Waals surface area contributed by atoms with E-state index in [0.29, 0.717) is 0 Å². The first-order valence-corrected chi connectivity index (χ1v) is 4.72. The minimum absolute atomic E-state index is 0.179. The van der Waals surface area contributed by atoms with Crippen molar-refractivity contribution < 1.29 is 5.11 Å². The van der Waals surface area contributed by atoms with Crippen LogP contribution >= 0.6 is 0 Å². The van der Waals surface area contributed by atoms with E-state index in [2.05, 4.69) is 6.08 Å². The maximum Gasteiger partial charge on any atom is 0.0976 e. The van der Waals surface area contributed by atoms with Crippen molar-refractivity contribution in [3.63, 3.8) is 0 Å². The quantitative estimate of drug-likeness (QED) is 0.616. The van der Waals surface area contributed by atoms with Crippen molar-refractivity contribution in [1.29, 1.82) is 0 Å². The van der Waals surface area contributed by atoms with Gasteiger partial charge in [0.25, 0.3) is 0 Å². The molecule has 0 fully saturated rings. The van der Waals surface area contributed by atoms with E-state index in [0.717, 1.165) is 18.4 Å².